The third kappa shape index (κ3) is 6.28. The number of nitrogens with one attached hydrogen (secondary N) is 2. The van der Waals surface area contributed by atoms with Crippen LogP contribution in [0.5, 0.6) is 0 Å². The molecule has 194 valence electrons. The molecular weight excluding hydrogens is 478 g/mol. The van der Waals surface area contributed by atoms with Crippen molar-refractivity contribution in [3.63, 3.8) is 0 Å². The van der Waals surface area contributed by atoms with Crippen molar-refractivity contribution in [2.75, 3.05) is 38.8 Å². The minimum Gasteiger partial charge on any atom is -0.394 e. The molecule has 1 heterocycles. The van der Waals surface area contributed by atoms with E-state index in [0.717, 1.165) is 11.1 Å². The number of rotatable bonds is 10. The molecule has 0 aliphatic carbocycles. The summed E-state index contributed by atoms with van der Waals surface area (Å²) in [5.41, 5.74) is 0.905. The predicted molar refractivity (Wildman–Crippen MR) is 129 cm³/mol. The molecule has 2 aromatic carbocycles. The van der Waals surface area contributed by atoms with Crippen molar-refractivity contribution < 1.29 is 38.0 Å². The highest BCUT2D eigenvalue weighted by atomic mass is 32.2. The maximum atomic E-state index is 13.0. The average Bonchev–Trinajstić information content (AvgIpc) is 2.81. The summed E-state index contributed by atoms with van der Waals surface area (Å²) < 4.78 is 39.7. The lowest BCUT2D eigenvalue weighted by molar-refractivity contribution is -0.270. The van der Waals surface area contributed by atoms with E-state index >= 15 is 0 Å². The first-order valence-electron chi connectivity index (χ1n) is 11.3. The van der Waals surface area contributed by atoms with Crippen LogP contribution in [0.15, 0.2) is 41.3 Å². The molecule has 1 saturated heterocycles. The van der Waals surface area contributed by atoms with Gasteiger partial charge in [0.05, 0.1) is 18.1 Å². The zero-order chi connectivity index (χ0) is 25.8. The molecule has 0 unspecified atom stereocenters. The predicted octanol–water partition coefficient (Wildman–Crippen LogP) is -0.465. The number of carbonyl (C=O) groups is 1. The van der Waals surface area contributed by atoms with Crippen LogP contribution >= 0.6 is 0 Å². The monoisotopic (exact) mass is 511 g/mol. The van der Waals surface area contributed by atoms with Gasteiger partial charge in [0, 0.05) is 44.0 Å². The van der Waals surface area contributed by atoms with E-state index in [1.165, 1.54) is 6.92 Å². The van der Waals surface area contributed by atoms with E-state index in [9.17, 15) is 28.5 Å². The number of ether oxygens (including phenoxy) is 2. The van der Waals surface area contributed by atoms with Crippen molar-refractivity contribution in [2.24, 2.45) is 0 Å². The molecule has 5 N–H and O–H groups in total. The van der Waals surface area contributed by atoms with Crippen LogP contribution in [0.3, 0.4) is 0 Å². The Kier molecular flexibility index (Phi) is 9.05. The number of benzene rings is 2. The van der Waals surface area contributed by atoms with Crippen LogP contribution in [0.25, 0.3) is 10.8 Å². The van der Waals surface area contributed by atoms with Crippen LogP contribution in [0, 0.1) is 0 Å². The van der Waals surface area contributed by atoms with Gasteiger partial charge < -0.3 is 35.0 Å². The number of hydrogen-bond donors (Lipinski definition) is 5. The zero-order valence-electron chi connectivity index (χ0n) is 19.9. The molecule has 5 atom stereocenters. The van der Waals surface area contributed by atoms with Crippen molar-refractivity contribution >= 4 is 32.4 Å². The standard InChI is InChI=1S/C23H33N3O8S/c1-14(28)25-20-22(30)21(29)18(13-27)34-23(20)33-12-6-11-24-35(31,32)19-10-5-7-15-16(19)8-4-9-17(15)26(2)3/h4-5,7-10,18,20-24,27,29-30H,6,11-13H2,1-3H3,(H,25,28)/t18-,20-,21-,22+,23+/m0/s1. The van der Waals surface area contributed by atoms with Crippen LogP contribution in [0.1, 0.15) is 13.3 Å². The molecule has 1 aliphatic rings. The van der Waals surface area contributed by atoms with E-state index in [0.29, 0.717) is 5.39 Å². The smallest absolute Gasteiger partial charge is 0.241 e. The fraction of sp³-hybridized carbons (Fsp3) is 0.522. The fourth-order valence-corrected chi connectivity index (χ4v) is 5.35. The minimum atomic E-state index is -3.81. The van der Waals surface area contributed by atoms with Gasteiger partial charge in [-0.2, -0.15) is 0 Å². The first kappa shape index (κ1) is 27.3. The number of fused-ring (bicyclic) bond motifs is 1. The van der Waals surface area contributed by atoms with Crippen LogP contribution in [0.2, 0.25) is 0 Å². The number of aliphatic hydroxyl groups is 3. The largest absolute Gasteiger partial charge is 0.394 e. The highest BCUT2D eigenvalue weighted by Crippen LogP contribution is 2.30. The molecule has 0 bridgehead atoms. The van der Waals surface area contributed by atoms with Crippen LogP contribution < -0.4 is 14.9 Å². The number of aliphatic hydroxyl groups excluding tert-OH is 3. The summed E-state index contributed by atoms with van der Waals surface area (Å²) in [6.07, 6.45) is -4.77. The Morgan fingerprint density at radius 1 is 1.11 bits per heavy atom. The van der Waals surface area contributed by atoms with Gasteiger partial charge in [-0.25, -0.2) is 13.1 Å². The Balaban J connectivity index is 1.62. The topological polar surface area (TPSA) is 158 Å². The molecule has 11 nitrogen and oxygen atoms in total. The molecule has 1 fully saturated rings. The molecule has 3 rings (SSSR count). The van der Waals surface area contributed by atoms with Crippen molar-refractivity contribution in [1.82, 2.24) is 10.0 Å². The first-order valence-corrected chi connectivity index (χ1v) is 12.7. The molecule has 1 amide bonds. The fourth-order valence-electron chi connectivity index (χ4n) is 4.06. The Morgan fingerprint density at radius 3 is 2.46 bits per heavy atom. The van der Waals surface area contributed by atoms with E-state index in [-0.39, 0.29) is 24.5 Å². The minimum absolute atomic E-state index is 0.0323. The lowest BCUT2D eigenvalue weighted by Crippen LogP contribution is -2.64. The Morgan fingerprint density at radius 2 is 1.80 bits per heavy atom. The lowest BCUT2D eigenvalue weighted by Gasteiger charge is -2.42. The van der Waals surface area contributed by atoms with Gasteiger partial charge in [-0.15, -0.1) is 0 Å². The normalized spacial score (nSPS) is 24.9. The van der Waals surface area contributed by atoms with Gasteiger partial charge in [0.1, 0.15) is 24.4 Å². The second kappa shape index (κ2) is 11.6. The Labute approximate surface area is 204 Å². The summed E-state index contributed by atoms with van der Waals surface area (Å²) in [5, 5.41) is 33.6. The summed E-state index contributed by atoms with van der Waals surface area (Å²) in [7, 11) is -0.0245. The third-order valence-electron chi connectivity index (χ3n) is 5.78. The molecule has 0 saturated carbocycles. The quantitative estimate of drug-likeness (QED) is 0.266. The van der Waals surface area contributed by atoms with E-state index in [2.05, 4.69) is 10.0 Å². The number of hydrogen-bond acceptors (Lipinski definition) is 9. The summed E-state index contributed by atoms with van der Waals surface area (Å²) >= 11 is 0. The highest BCUT2D eigenvalue weighted by molar-refractivity contribution is 7.89. The highest BCUT2D eigenvalue weighted by Gasteiger charge is 2.45. The lowest BCUT2D eigenvalue weighted by atomic mass is 9.97. The van der Waals surface area contributed by atoms with E-state index in [4.69, 9.17) is 9.47 Å². The van der Waals surface area contributed by atoms with Crippen LogP contribution in [-0.4, -0.2) is 94.1 Å². The molecule has 1 aliphatic heterocycles. The van der Waals surface area contributed by atoms with Gasteiger partial charge in [0.2, 0.25) is 15.9 Å². The molecular formula is C23H33N3O8S. The third-order valence-corrected chi connectivity index (χ3v) is 7.30. The second-order valence-corrected chi connectivity index (χ2v) is 10.3. The van der Waals surface area contributed by atoms with E-state index < -0.39 is 53.2 Å². The Hall–Kier alpha value is -2.32. The second-order valence-electron chi connectivity index (χ2n) is 8.58. The van der Waals surface area contributed by atoms with Gasteiger partial charge in [-0.1, -0.05) is 24.3 Å². The molecule has 0 aromatic heterocycles. The molecule has 35 heavy (non-hydrogen) atoms. The first-order chi connectivity index (χ1) is 16.6. The van der Waals surface area contributed by atoms with Gasteiger partial charge in [0.15, 0.2) is 6.29 Å². The Bertz CT molecular complexity index is 1130. The summed E-state index contributed by atoms with van der Waals surface area (Å²) in [4.78, 5) is 13.6. The van der Waals surface area contributed by atoms with Gasteiger partial charge >= 0.3 is 0 Å². The molecule has 12 heteroatoms. The van der Waals surface area contributed by atoms with Crippen molar-refractivity contribution in [3.8, 4) is 0 Å². The maximum Gasteiger partial charge on any atom is 0.241 e. The van der Waals surface area contributed by atoms with Crippen molar-refractivity contribution in [1.29, 1.82) is 0 Å². The summed E-state index contributed by atoms with van der Waals surface area (Å²) in [5.74, 6) is -0.457. The van der Waals surface area contributed by atoms with E-state index in [1.807, 2.05) is 37.2 Å². The number of carbonyl (C=O) groups excluding carboxylic acids is 1. The SMILES string of the molecule is CC(=O)N[C@@H]1[C@H](OCCCNS(=O)(=O)c2cccc3c(N(C)C)cccc23)O[C@@H](CO)[C@H](O)[C@@H]1O. The number of sulfonamides is 1. The summed E-state index contributed by atoms with van der Waals surface area (Å²) in [6, 6.07) is 9.57. The van der Waals surface area contributed by atoms with Gasteiger partial charge in [-0.3, -0.25) is 4.79 Å². The maximum absolute atomic E-state index is 13.0. The number of amides is 1. The van der Waals surface area contributed by atoms with Gasteiger partial charge in [0.25, 0.3) is 0 Å². The van der Waals surface area contributed by atoms with Crippen molar-refractivity contribution in [3.05, 3.63) is 36.4 Å². The molecule has 2 aromatic rings. The van der Waals surface area contributed by atoms with Gasteiger partial charge in [-0.05, 0) is 18.6 Å². The molecule has 0 spiro atoms. The number of anilines is 1. The molecule has 0 radical (unpaired) electrons. The van der Waals surface area contributed by atoms with Crippen LogP contribution in [-0.2, 0) is 24.3 Å². The van der Waals surface area contributed by atoms with E-state index in [1.54, 1.807) is 18.2 Å². The summed E-state index contributed by atoms with van der Waals surface area (Å²) in [6.45, 7) is 0.797. The average molecular weight is 512 g/mol. The van der Waals surface area contributed by atoms with Crippen molar-refractivity contribution in [2.45, 2.75) is 48.9 Å². The number of nitrogens with zero attached hydrogens (tertiary/aromatic N) is 1. The van der Waals surface area contributed by atoms with Crippen LogP contribution in [0.4, 0.5) is 5.69 Å². The zero-order valence-corrected chi connectivity index (χ0v) is 20.7.